The Bertz CT molecular complexity index is 1100. The van der Waals surface area contributed by atoms with Gasteiger partial charge in [0.1, 0.15) is 0 Å². The summed E-state index contributed by atoms with van der Waals surface area (Å²) in [5.41, 5.74) is 2.76. The molecule has 2 atom stereocenters. The van der Waals surface area contributed by atoms with Crippen LogP contribution < -0.4 is 9.80 Å². The molecule has 2 aromatic rings. The van der Waals surface area contributed by atoms with E-state index in [1.165, 1.54) is 28.0 Å². The van der Waals surface area contributed by atoms with Gasteiger partial charge in [-0.15, -0.1) is 0 Å². The molecule has 2 saturated heterocycles. The molecule has 0 aliphatic carbocycles. The second-order valence-corrected chi connectivity index (χ2v) is 9.38. The number of non-ortho nitro benzene ring substituents is 1. The summed E-state index contributed by atoms with van der Waals surface area (Å²) in [5.74, 6) is -0.282. The number of anilines is 2. The molecule has 0 N–H and O–H groups in total. The Hall–Kier alpha value is -2.94. The highest BCUT2D eigenvalue weighted by Gasteiger charge is 2.54. The van der Waals surface area contributed by atoms with Crippen LogP contribution >= 0.6 is 0 Å². The lowest BCUT2D eigenvalue weighted by Gasteiger charge is -2.24. The third-order valence-electron chi connectivity index (χ3n) is 5.52. The fourth-order valence-corrected chi connectivity index (χ4v) is 5.96. The Kier molecular flexibility index (Phi) is 4.15. The number of nitrogens with zero attached hydrogens (tertiary/aromatic N) is 3. The molecule has 2 heterocycles. The minimum atomic E-state index is -3.33. The van der Waals surface area contributed by atoms with Crippen molar-refractivity contribution in [3.05, 3.63) is 63.7 Å². The summed E-state index contributed by atoms with van der Waals surface area (Å²) in [6, 6.07) is 9.84. The lowest BCUT2D eigenvalue weighted by atomic mass is 10.1. The highest BCUT2D eigenvalue weighted by molar-refractivity contribution is 7.91. The number of hydrogen-bond acceptors (Lipinski definition) is 5. The van der Waals surface area contributed by atoms with Gasteiger partial charge in [0.25, 0.3) is 5.69 Å². The zero-order chi connectivity index (χ0) is 20.2. The second-order valence-electron chi connectivity index (χ2n) is 7.23. The molecule has 0 aromatic heterocycles. The molecule has 2 aromatic carbocycles. The van der Waals surface area contributed by atoms with Crippen LogP contribution in [-0.4, -0.2) is 43.0 Å². The van der Waals surface area contributed by atoms with Crippen molar-refractivity contribution in [1.82, 2.24) is 0 Å². The Balaban J connectivity index is 1.85. The number of sulfone groups is 1. The van der Waals surface area contributed by atoms with Crippen molar-refractivity contribution >= 4 is 32.9 Å². The van der Waals surface area contributed by atoms with Gasteiger partial charge in [-0.2, -0.15) is 0 Å². The summed E-state index contributed by atoms with van der Waals surface area (Å²) in [5, 5.41) is 11.1. The summed E-state index contributed by atoms with van der Waals surface area (Å²) in [6.45, 7) is 3.83. The average Bonchev–Trinajstić information content (AvgIpc) is 3.06. The van der Waals surface area contributed by atoms with Gasteiger partial charge >= 0.3 is 6.03 Å². The van der Waals surface area contributed by atoms with E-state index in [9.17, 15) is 23.3 Å². The van der Waals surface area contributed by atoms with Crippen molar-refractivity contribution in [3.8, 4) is 0 Å². The summed E-state index contributed by atoms with van der Waals surface area (Å²) < 4.78 is 24.7. The van der Waals surface area contributed by atoms with Gasteiger partial charge in [-0.1, -0.05) is 18.2 Å². The number of benzene rings is 2. The number of urea groups is 1. The smallest absolute Gasteiger partial charge is 0.288 e. The third-order valence-corrected chi connectivity index (χ3v) is 7.22. The van der Waals surface area contributed by atoms with Crippen molar-refractivity contribution in [3.63, 3.8) is 0 Å². The van der Waals surface area contributed by atoms with E-state index >= 15 is 0 Å². The Morgan fingerprint density at radius 1 is 1.04 bits per heavy atom. The molecule has 0 unspecified atom stereocenters. The predicted molar refractivity (Wildman–Crippen MR) is 106 cm³/mol. The molecule has 0 radical (unpaired) electrons. The van der Waals surface area contributed by atoms with Gasteiger partial charge in [-0.25, -0.2) is 13.2 Å². The van der Waals surface area contributed by atoms with Crippen LogP contribution in [0.2, 0.25) is 0 Å². The molecule has 2 aliphatic rings. The van der Waals surface area contributed by atoms with E-state index in [-0.39, 0.29) is 23.2 Å². The fraction of sp³-hybridized carbons (Fsp3) is 0.316. The number of nitro benzene ring substituents is 1. The predicted octanol–water partition coefficient (Wildman–Crippen LogP) is 2.82. The summed E-state index contributed by atoms with van der Waals surface area (Å²) in [4.78, 5) is 26.9. The molecule has 28 heavy (non-hydrogen) atoms. The molecule has 4 rings (SSSR count). The zero-order valence-electron chi connectivity index (χ0n) is 15.4. The van der Waals surface area contributed by atoms with Gasteiger partial charge in [0.2, 0.25) is 0 Å². The fourth-order valence-electron chi connectivity index (χ4n) is 4.04. The number of amides is 2. The van der Waals surface area contributed by atoms with Gasteiger partial charge in [-0.05, 0) is 37.1 Å². The normalized spacial score (nSPS) is 23.1. The van der Waals surface area contributed by atoms with Crippen molar-refractivity contribution in [2.45, 2.75) is 25.9 Å². The number of hydrogen-bond donors (Lipinski definition) is 0. The van der Waals surface area contributed by atoms with E-state index in [2.05, 4.69) is 0 Å². The van der Waals surface area contributed by atoms with Crippen LogP contribution in [0.15, 0.2) is 42.5 Å². The Morgan fingerprint density at radius 2 is 1.68 bits per heavy atom. The SMILES string of the molecule is Cc1cccc(N2C(=O)N(c3cccc([N+](=O)[O-])c3)[C@H]3CS(=O)(=O)C[C@H]32)c1C. The van der Waals surface area contributed by atoms with Crippen LogP contribution in [0, 0.1) is 24.0 Å². The first-order valence-electron chi connectivity index (χ1n) is 8.83. The monoisotopic (exact) mass is 401 g/mol. The number of carbonyl (C=O) groups excluding carboxylic acids is 1. The van der Waals surface area contributed by atoms with Gasteiger partial charge in [-0.3, -0.25) is 19.9 Å². The molecule has 2 amide bonds. The highest BCUT2D eigenvalue weighted by atomic mass is 32.2. The second kappa shape index (κ2) is 6.30. The first kappa shape index (κ1) is 18.4. The molecule has 0 spiro atoms. The zero-order valence-corrected chi connectivity index (χ0v) is 16.2. The minimum Gasteiger partial charge on any atom is -0.288 e. The quantitative estimate of drug-likeness (QED) is 0.447. The molecule has 0 saturated carbocycles. The first-order chi connectivity index (χ1) is 13.2. The maximum absolute atomic E-state index is 13.4. The van der Waals surface area contributed by atoms with Gasteiger partial charge < -0.3 is 0 Å². The van der Waals surface area contributed by atoms with Crippen LogP contribution in [0.5, 0.6) is 0 Å². The van der Waals surface area contributed by atoms with E-state index < -0.39 is 26.8 Å². The van der Waals surface area contributed by atoms with E-state index in [1.807, 2.05) is 26.0 Å². The maximum atomic E-state index is 13.4. The van der Waals surface area contributed by atoms with Crippen molar-refractivity contribution in [2.24, 2.45) is 0 Å². The number of fused-ring (bicyclic) bond motifs is 1. The molecule has 146 valence electrons. The van der Waals surface area contributed by atoms with Crippen LogP contribution in [0.4, 0.5) is 21.9 Å². The summed E-state index contributed by atoms with van der Waals surface area (Å²) >= 11 is 0. The lowest BCUT2D eigenvalue weighted by Crippen LogP contribution is -2.38. The minimum absolute atomic E-state index is 0.123. The lowest BCUT2D eigenvalue weighted by molar-refractivity contribution is -0.384. The van der Waals surface area contributed by atoms with Crippen LogP contribution in [-0.2, 0) is 9.84 Å². The number of aryl methyl sites for hydroxylation is 1. The van der Waals surface area contributed by atoms with Gasteiger partial charge in [0, 0.05) is 17.8 Å². The van der Waals surface area contributed by atoms with E-state index in [0.717, 1.165) is 11.1 Å². The average molecular weight is 401 g/mol. The summed E-state index contributed by atoms with van der Waals surface area (Å²) in [6.07, 6.45) is 0. The topological polar surface area (TPSA) is 101 Å². The highest BCUT2D eigenvalue weighted by Crippen LogP contribution is 2.40. The number of nitro groups is 1. The van der Waals surface area contributed by atoms with Crippen LogP contribution in [0.1, 0.15) is 11.1 Å². The Morgan fingerprint density at radius 3 is 2.36 bits per heavy atom. The third kappa shape index (κ3) is 2.82. The van der Waals surface area contributed by atoms with E-state index in [4.69, 9.17) is 0 Å². The Labute approximate surface area is 162 Å². The largest absolute Gasteiger partial charge is 0.329 e. The molecule has 0 bridgehead atoms. The van der Waals surface area contributed by atoms with E-state index in [1.54, 1.807) is 12.1 Å². The first-order valence-corrected chi connectivity index (χ1v) is 10.7. The summed E-state index contributed by atoms with van der Waals surface area (Å²) in [7, 11) is -3.33. The molecule has 9 heteroatoms. The van der Waals surface area contributed by atoms with Crippen molar-refractivity contribution in [1.29, 1.82) is 0 Å². The van der Waals surface area contributed by atoms with Gasteiger partial charge in [0.15, 0.2) is 9.84 Å². The van der Waals surface area contributed by atoms with E-state index in [0.29, 0.717) is 11.4 Å². The molecule has 8 nitrogen and oxygen atoms in total. The van der Waals surface area contributed by atoms with Gasteiger partial charge in [0.05, 0.1) is 34.2 Å². The van der Waals surface area contributed by atoms with Crippen LogP contribution in [0.25, 0.3) is 0 Å². The molecule has 2 aliphatic heterocycles. The number of rotatable bonds is 3. The molecule has 2 fully saturated rings. The van der Waals surface area contributed by atoms with Crippen molar-refractivity contribution in [2.75, 3.05) is 21.3 Å². The maximum Gasteiger partial charge on any atom is 0.329 e. The molecular weight excluding hydrogens is 382 g/mol. The van der Waals surface area contributed by atoms with Crippen molar-refractivity contribution < 1.29 is 18.1 Å². The van der Waals surface area contributed by atoms with Crippen LogP contribution in [0.3, 0.4) is 0 Å². The standard InChI is InChI=1S/C19H19N3O5S/c1-12-5-3-8-16(13(12)2)21-18-11-28(26,27)10-17(18)20(19(21)23)14-6-4-7-15(9-14)22(24)25/h3-9,17-18H,10-11H2,1-2H3/t17-,18+/m0/s1. The molecular formula is C19H19N3O5S. The number of carbonyl (C=O) groups is 1.